The van der Waals surface area contributed by atoms with E-state index in [4.69, 9.17) is 11.6 Å². The van der Waals surface area contributed by atoms with Gasteiger partial charge in [-0.05, 0) is 43.5 Å². The van der Waals surface area contributed by atoms with Crippen LogP contribution in [-0.4, -0.2) is 22.0 Å². The van der Waals surface area contributed by atoms with E-state index in [-0.39, 0.29) is 12.1 Å². The number of pyridine rings is 1. The third kappa shape index (κ3) is 4.70. The molecule has 3 aromatic rings. The van der Waals surface area contributed by atoms with Gasteiger partial charge in [0.1, 0.15) is 5.15 Å². The molecule has 150 valence electrons. The van der Waals surface area contributed by atoms with Crippen LogP contribution in [-0.2, 0) is 13.1 Å². The zero-order valence-corrected chi connectivity index (χ0v) is 17.5. The number of hydrogen-bond donors (Lipinski definition) is 1. The van der Waals surface area contributed by atoms with Crippen LogP contribution >= 0.6 is 11.6 Å². The van der Waals surface area contributed by atoms with E-state index < -0.39 is 0 Å². The quantitative estimate of drug-likeness (QED) is 0.539. The molecule has 0 unspecified atom stereocenters. The minimum atomic E-state index is -0.0406. The molecule has 5 heteroatoms. The predicted molar refractivity (Wildman–Crippen MR) is 118 cm³/mol. The Bertz CT molecular complexity index is 1000. The molecule has 0 bridgehead atoms. The van der Waals surface area contributed by atoms with Crippen LogP contribution in [0.2, 0.25) is 5.15 Å². The van der Waals surface area contributed by atoms with E-state index in [0.717, 1.165) is 47.7 Å². The fourth-order valence-corrected chi connectivity index (χ4v) is 4.27. The average Bonchev–Trinajstić information content (AvgIpc) is 3.26. The number of benzene rings is 2. The van der Waals surface area contributed by atoms with Crippen LogP contribution in [0, 0.1) is 6.92 Å². The normalized spacial score (nSPS) is 14.3. The van der Waals surface area contributed by atoms with Gasteiger partial charge >= 0.3 is 6.03 Å². The van der Waals surface area contributed by atoms with E-state index >= 15 is 0 Å². The fraction of sp³-hybridized carbons (Fsp3) is 0.333. The van der Waals surface area contributed by atoms with Crippen LogP contribution in [0.4, 0.5) is 4.79 Å². The monoisotopic (exact) mass is 407 g/mol. The van der Waals surface area contributed by atoms with Crippen molar-refractivity contribution in [3.63, 3.8) is 0 Å². The summed E-state index contributed by atoms with van der Waals surface area (Å²) >= 11 is 6.50. The van der Waals surface area contributed by atoms with E-state index in [1.165, 1.54) is 5.56 Å². The lowest BCUT2D eigenvalue weighted by Gasteiger charge is -2.29. The molecule has 29 heavy (non-hydrogen) atoms. The molecular formula is C24H26ClN3O. The second kappa shape index (κ2) is 8.83. The molecule has 0 spiro atoms. The SMILES string of the molecule is Cc1ccc2nc(Cl)c(CN(C(=O)NCc3ccccc3)C3CCCC3)cc2c1. The number of urea groups is 1. The van der Waals surface area contributed by atoms with E-state index in [1.807, 2.05) is 47.4 Å². The molecule has 1 aliphatic carbocycles. The summed E-state index contributed by atoms with van der Waals surface area (Å²) in [5.41, 5.74) is 4.05. The number of nitrogens with one attached hydrogen (secondary N) is 1. The minimum absolute atomic E-state index is 0.0406. The van der Waals surface area contributed by atoms with Gasteiger partial charge in [-0.2, -0.15) is 0 Å². The van der Waals surface area contributed by atoms with Crippen molar-refractivity contribution in [2.24, 2.45) is 0 Å². The van der Waals surface area contributed by atoms with E-state index in [0.29, 0.717) is 18.2 Å². The molecule has 4 rings (SSSR count). The minimum Gasteiger partial charge on any atom is -0.334 e. The Morgan fingerprint density at radius 1 is 1.14 bits per heavy atom. The average molecular weight is 408 g/mol. The van der Waals surface area contributed by atoms with E-state index in [2.05, 4.69) is 29.4 Å². The van der Waals surface area contributed by atoms with Crippen LogP contribution in [0.5, 0.6) is 0 Å². The Morgan fingerprint density at radius 3 is 2.66 bits per heavy atom. The maximum Gasteiger partial charge on any atom is 0.318 e. The lowest BCUT2D eigenvalue weighted by Crippen LogP contribution is -2.44. The molecule has 0 aliphatic heterocycles. The number of aromatic nitrogens is 1. The van der Waals surface area contributed by atoms with Crippen LogP contribution in [0.15, 0.2) is 54.6 Å². The van der Waals surface area contributed by atoms with Crippen molar-refractivity contribution < 1.29 is 4.79 Å². The zero-order valence-electron chi connectivity index (χ0n) is 16.7. The lowest BCUT2D eigenvalue weighted by atomic mass is 10.1. The molecule has 2 amide bonds. The standard InChI is InChI=1S/C24H26ClN3O/c1-17-11-12-22-19(13-17)14-20(23(25)27-22)16-28(21-9-5-6-10-21)24(29)26-15-18-7-3-2-4-8-18/h2-4,7-8,11-14,21H,5-6,9-10,15-16H2,1H3,(H,26,29). The van der Waals surface area contributed by atoms with Crippen LogP contribution in [0.1, 0.15) is 42.4 Å². The first kappa shape index (κ1) is 19.7. The Balaban J connectivity index is 1.56. The number of carbonyl (C=O) groups excluding carboxylic acids is 1. The number of halogens is 1. The summed E-state index contributed by atoms with van der Waals surface area (Å²) in [6, 6.07) is 18.4. The highest BCUT2D eigenvalue weighted by molar-refractivity contribution is 6.30. The number of rotatable bonds is 5. The molecule has 1 saturated carbocycles. The number of amides is 2. The molecule has 0 radical (unpaired) electrons. The van der Waals surface area contributed by atoms with Gasteiger partial charge in [-0.15, -0.1) is 0 Å². The number of fused-ring (bicyclic) bond motifs is 1. The number of aryl methyl sites for hydroxylation is 1. The summed E-state index contributed by atoms with van der Waals surface area (Å²) in [4.78, 5) is 19.6. The molecule has 1 N–H and O–H groups in total. The van der Waals surface area contributed by atoms with Gasteiger partial charge in [0.05, 0.1) is 12.1 Å². The van der Waals surface area contributed by atoms with Gasteiger partial charge in [-0.3, -0.25) is 0 Å². The summed E-state index contributed by atoms with van der Waals surface area (Å²) in [6.07, 6.45) is 4.40. The Morgan fingerprint density at radius 2 is 1.90 bits per heavy atom. The first-order valence-electron chi connectivity index (χ1n) is 10.2. The lowest BCUT2D eigenvalue weighted by molar-refractivity contribution is 0.170. The first-order valence-corrected chi connectivity index (χ1v) is 10.6. The van der Waals surface area contributed by atoms with Crippen molar-refractivity contribution in [3.05, 3.63) is 76.4 Å². The summed E-state index contributed by atoms with van der Waals surface area (Å²) < 4.78 is 0. The Kier molecular flexibility index (Phi) is 6.00. The third-order valence-electron chi connectivity index (χ3n) is 5.65. The fourth-order valence-electron chi connectivity index (χ4n) is 4.07. The molecule has 1 aliphatic rings. The van der Waals surface area contributed by atoms with Crippen molar-refractivity contribution in [3.8, 4) is 0 Å². The number of hydrogen-bond acceptors (Lipinski definition) is 2. The largest absolute Gasteiger partial charge is 0.334 e. The summed E-state index contributed by atoms with van der Waals surface area (Å²) in [7, 11) is 0. The Hall–Kier alpha value is -2.59. The molecule has 1 aromatic heterocycles. The van der Waals surface area contributed by atoms with Crippen molar-refractivity contribution in [2.75, 3.05) is 0 Å². The highest BCUT2D eigenvalue weighted by Gasteiger charge is 2.27. The van der Waals surface area contributed by atoms with Crippen LogP contribution in [0.25, 0.3) is 10.9 Å². The van der Waals surface area contributed by atoms with Gasteiger partial charge < -0.3 is 10.2 Å². The van der Waals surface area contributed by atoms with Crippen LogP contribution in [0.3, 0.4) is 0 Å². The van der Waals surface area contributed by atoms with Crippen molar-refractivity contribution in [2.45, 2.75) is 51.7 Å². The molecule has 0 atom stereocenters. The second-order valence-corrected chi connectivity index (χ2v) is 8.20. The maximum absolute atomic E-state index is 13.1. The highest BCUT2D eigenvalue weighted by atomic mass is 35.5. The molecule has 4 nitrogen and oxygen atoms in total. The van der Waals surface area contributed by atoms with Gasteiger partial charge in [0.15, 0.2) is 0 Å². The van der Waals surface area contributed by atoms with Crippen molar-refractivity contribution in [1.82, 2.24) is 15.2 Å². The third-order valence-corrected chi connectivity index (χ3v) is 5.98. The smallest absolute Gasteiger partial charge is 0.318 e. The molecule has 0 saturated heterocycles. The summed E-state index contributed by atoms with van der Waals surface area (Å²) in [6.45, 7) is 3.06. The molecule has 2 aromatic carbocycles. The molecular weight excluding hydrogens is 382 g/mol. The maximum atomic E-state index is 13.1. The van der Waals surface area contributed by atoms with Gasteiger partial charge in [-0.25, -0.2) is 9.78 Å². The van der Waals surface area contributed by atoms with Gasteiger partial charge in [0.25, 0.3) is 0 Å². The van der Waals surface area contributed by atoms with Crippen molar-refractivity contribution in [1.29, 1.82) is 0 Å². The van der Waals surface area contributed by atoms with Gasteiger partial charge in [0.2, 0.25) is 0 Å². The Labute approximate surface area is 176 Å². The second-order valence-electron chi connectivity index (χ2n) is 7.84. The molecule has 1 fully saturated rings. The van der Waals surface area contributed by atoms with Crippen LogP contribution < -0.4 is 5.32 Å². The van der Waals surface area contributed by atoms with E-state index in [1.54, 1.807) is 0 Å². The van der Waals surface area contributed by atoms with E-state index in [9.17, 15) is 4.79 Å². The number of nitrogens with zero attached hydrogens (tertiary/aromatic N) is 2. The van der Waals surface area contributed by atoms with Gasteiger partial charge in [0, 0.05) is 23.5 Å². The van der Waals surface area contributed by atoms with Gasteiger partial charge in [-0.1, -0.05) is 66.4 Å². The predicted octanol–water partition coefficient (Wildman–Crippen LogP) is 5.85. The van der Waals surface area contributed by atoms with Crippen molar-refractivity contribution >= 4 is 28.5 Å². The zero-order chi connectivity index (χ0) is 20.2. The molecule has 1 heterocycles. The number of carbonyl (C=O) groups is 1. The summed E-state index contributed by atoms with van der Waals surface area (Å²) in [5, 5.41) is 4.61. The summed E-state index contributed by atoms with van der Waals surface area (Å²) in [5.74, 6) is 0. The topological polar surface area (TPSA) is 45.2 Å². The highest BCUT2D eigenvalue weighted by Crippen LogP contribution is 2.28. The first-order chi connectivity index (χ1) is 14.1.